The lowest BCUT2D eigenvalue weighted by atomic mass is 10.2. The van der Waals surface area contributed by atoms with Crippen LogP contribution >= 0.6 is 15.9 Å². The van der Waals surface area contributed by atoms with E-state index in [0.29, 0.717) is 18.7 Å². The summed E-state index contributed by atoms with van der Waals surface area (Å²) in [5.41, 5.74) is 2.64. The molecular weight excluding hydrogens is 318 g/mol. The molecule has 0 aliphatic heterocycles. The second-order valence-electron chi connectivity index (χ2n) is 4.28. The van der Waals surface area contributed by atoms with E-state index in [2.05, 4.69) is 21.2 Å². The zero-order valence-corrected chi connectivity index (χ0v) is 12.8. The van der Waals surface area contributed by atoms with Crippen molar-refractivity contribution < 1.29 is 9.53 Å². The average Bonchev–Trinajstić information content (AvgIpc) is 2.47. The third-order valence-corrected chi connectivity index (χ3v) is 3.31. The molecule has 1 N–H and O–H groups in total. The number of carbonyl (C=O) groups excluding carboxylic acids is 1. The molecule has 104 valence electrons. The number of hydrogen-bond acceptors (Lipinski definition) is 3. The van der Waals surface area contributed by atoms with Gasteiger partial charge < -0.3 is 10.1 Å². The van der Waals surface area contributed by atoms with Crippen LogP contribution in [0.15, 0.2) is 53.0 Å². The Morgan fingerprint density at radius 3 is 2.65 bits per heavy atom. The Morgan fingerprint density at radius 1 is 1.20 bits per heavy atom. The number of ether oxygens (including phenoxy) is 1. The van der Waals surface area contributed by atoms with Crippen molar-refractivity contribution in [3.63, 3.8) is 0 Å². The number of anilines is 1. The number of benzene rings is 2. The molecule has 2 rings (SSSR count). The van der Waals surface area contributed by atoms with Crippen molar-refractivity contribution in [1.29, 1.82) is 0 Å². The van der Waals surface area contributed by atoms with E-state index < -0.39 is 0 Å². The topological polar surface area (TPSA) is 38.3 Å². The first-order chi connectivity index (χ1) is 9.69. The smallest absolute Gasteiger partial charge is 0.338 e. The molecule has 0 saturated carbocycles. The van der Waals surface area contributed by atoms with E-state index in [-0.39, 0.29) is 5.97 Å². The molecule has 0 aromatic heterocycles. The van der Waals surface area contributed by atoms with Gasteiger partial charge in [-0.15, -0.1) is 0 Å². The fourth-order valence-electron chi connectivity index (χ4n) is 1.78. The van der Waals surface area contributed by atoms with E-state index >= 15 is 0 Å². The van der Waals surface area contributed by atoms with Gasteiger partial charge in [0.15, 0.2) is 0 Å². The van der Waals surface area contributed by atoms with Crippen molar-refractivity contribution in [1.82, 2.24) is 0 Å². The highest BCUT2D eigenvalue weighted by Crippen LogP contribution is 2.15. The number of esters is 1. The van der Waals surface area contributed by atoms with Crippen LogP contribution in [-0.4, -0.2) is 12.6 Å². The predicted octanol–water partition coefficient (Wildman–Crippen LogP) is 4.24. The van der Waals surface area contributed by atoms with Crippen LogP contribution in [0.5, 0.6) is 0 Å². The Balaban J connectivity index is 2.01. The molecule has 20 heavy (non-hydrogen) atoms. The van der Waals surface area contributed by atoms with Gasteiger partial charge in [-0.2, -0.15) is 0 Å². The van der Waals surface area contributed by atoms with Crippen LogP contribution in [0.3, 0.4) is 0 Å². The molecule has 0 amide bonds. The van der Waals surface area contributed by atoms with Crippen molar-refractivity contribution in [2.45, 2.75) is 13.5 Å². The van der Waals surface area contributed by atoms with E-state index in [1.807, 2.05) is 36.4 Å². The van der Waals surface area contributed by atoms with Crippen LogP contribution in [0.1, 0.15) is 22.8 Å². The highest BCUT2D eigenvalue weighted by atomic mass is 79.9. The van der Waals surface area contributed by atoms with Gasteiger partial charge in [0.05, 0.1) is 12.2 Å². The zero-order chi connectivity index (χ0) is 14.4. The van der Waals surface area contributed by atoms with Gasteiger partial charge in [-0.25, -0.2) is 4.79 Å². The molecule has 2 aromatic carbocycles. The predicted molar refractivity (Wildman–Crippen MR) is 83.9 cm³/mol. The van der Waals surface area contributed by atoms with Crippen molar-refractivity contribution in [3.05, 3.63) is 64.1 Å². The van der Waals surface area contributed by atoms with E-state index in [9.17, 15) is 4.79 Å². The first-order valence-corrected chi connectivity index (χ1v) is 7.24. The number of hydrogen-bond donors (Lipinski definition) is 1. The maximum Gasteiger partial charge on any atom is 0.338 e. The fraction of sp³-hybridized carbons (Fsp3) is 0.188. The SMILES string of the molecule is CCOC(=O)c1cccc(NCc2ccc(Br)cc2)c1. The number of carbonyl (C=O) groups is 1. The largest absolute Gasteiger partial charge is 0.462 e. The Kier molecular flexibility index (Phi) is 5.18. The van der Waals surface area contributed by atoms with E-state index in [1.165, 1.54) is 5.56 Å². The molecule has 0 aliphatic carbocycles. The van der Waals surface area contributed by atoms with Crippen LogP contribution in [0.4, 0.5) is 5.69 Å². The summed E-state index contributed by atoms with van der Waals surface area (Å²) in [5.74, 6) is -0.292. The lowest BCUT2D eigenvalue weighted by Gasteiger charge is -2.08. The lowest BCUT2D eigenvalue weighted by Crippen LogP contribution is -2.06. The highest BCUT2D eigenvalue weighted by molar-refractivity contribution is 9.10. The summed E-state index contributed by atoms with van der Waals surface area (Å²) in [4.78, 5) is 11.7. The van der Waals surface area contributed by atoms with Crippen LogP contribution in [0.25, 0.3) is 0 Å². The minimum absolute atomic E-state index is 0.292. The fourth-order valence-corrected chi connectivity index (χ4v) is 2.04. The molecule has 0 saturated heterocycles. The summed E-state index contributed by atoms with van der Waals surface area (Å²) in [5, 5.41) is 3.29. The first kappa shape index (κ1) is 14.6. The van der Waals surface area contributed by atoms with Crippen LogP contribution in [0.2, 0.25) is 0 Å². The van der Waals surface area contributed by atoms with Crippen LogP contribution in [0, 0.1) is 0 Å². The molecule has 3 nitrogen and oxygen atoms in total. The molecular formula is C16H16BrNO2. The second kappa shape index (κ2) is 7.10. The van der Waals surface area contributed by atoms with Crippen molar-refractivity contribution >= 4 is 27.6 Å². The molecule has 0 unspecified atom stereocenters. The van der Waals surface area contributed by atoms with Crippen molar-refractivity contribution in [3.8, 4) is 0 Å². The monoisotopic (exact) mass is 333 g/mol. The number of rotatable bonds is 5. The third-order valence-electron chi connectivity index (χ3n) is 2.78. The van der Waals surface area contributed by atoms with Crippen molar-refractivity contribution in [2.24, 2.45) is 0 Å². The molecule has 0 bridgehead atoms. The Morgan fingerprint density at radius 2 is 1.95 bits per heavy atom. The molecule has 0 heterocycles. The number of halogens is 1. The third kappa shape index (κ3) is 4.10. The molecule has 0 spiro atoms. The Bertz CT molecular complexity index is 581. The summed E-state index contributed by atoms with van der Waals surface area (Å²) in [6, 6.07) is 15.4. The van der Waals surface area contributed by atoms with Gasteiger partial charge in [0.1, 0.15) is 0 Å². The molecule has 2 aromatic rings. The Hall–Kier alpha value is -1.81. The standard InChI is InChI=1S/C16H16BrNO2/c1-2-20-16(19)13-4-3-5-15(10-13)18-11-12-6-8-14(17)9-7-12/h3-10,18H,2,11H2,1H3. The van der Waals surface area contributed by atoms with Crippen LogP contribution < -0.4 is 5.32 Å². The van der Waals surface area contributed by atoms with Crippen molar-refractivity contribution in [2.75, 3.05) is 11.9 Å². The normalized spacial score (nSPS) is 10.1. The summed E-state index contributed by atoms with van der Waals surface area (Å²) in [6.07, 6.45) is 0. The summed E-state index contributed by atoms with van der Waals surface area (Å²) < 4.78 is 6.05. The summed E-state index contributed by atoms with van der Waals surface area (Å²) >= 11 is 3.41. The summed E-state index contributed by atoms with van der Waals surface area (Å²) in [7, 11) is 0. The van der Waals surface area contributed by atoms with Gasteiger partial charge in [0.2, 0.25) is 0 Å². The molecule has 4 heteroatoms. The quantitative estimate of drug-likeness (QED) is 0.832. The van der Waals surface area contributed by atoms with E-state index in [1.54, 1.807) is 19.1 Å². The minimum Gasteiger partial charge on any atom is -0.462 e. The second-order valence-corrected chi connectivity index (χ2v) is 5.20. The zero-order valence-electron chi connectivity index (χ0n) is 11.2. The molecule has 0 radical (unpaired) electrons. The van der Waals surface area contributed by atoms with Gasteiger partial charge in [0.25, 0.3) is 0 Å². The van der Waals surface area contributed by atoms with Crippen LogP contribution in [-0.2, 0) is 11.3 Å². The first-order valence-electron chi connectivity index (χ1n) is 6.44. The molecule has 0 aliphatic rings. The Labute approximate surface area is 127 Å². The molecule has 0 atom stereocenters. The highest BCUT2D eigenvalue weighted by Gasteiger charge is 2.06. The van der Waals surface area contributed by atoms with Gasteiger partial charge in [-0.3, -0.25) is 0 Å². The maximum absolute atomic E-state index is 11.7. The average molecular weight is 334 g/mol. The van der Waals surface area contributed by atoms with E-state index in [0.717, 1.165) is 10.2 Å². The lowest BCUT2D eigenvalue weighted by molar-refractivity contribution is 0.0526. The van der Waals surface area contributed by atoms with Gasteiger partial charge in [-0.1, -0.05) is 34.1 Å². The number of nitrogens with one attached hydrogen (secondary N) is 1. The van der Waals surface area contributed by atoms with Gasteiger partial charge in [0, 0.05) is 16.7 Å². The summed E-state index contributed by atoms with van der Waals surface area (Å²) in [6.45, 7) is 2.89. The van der Waals surface area contributed by atoms with Gasteiger partial charge in [-0.05, 0) is 42.8 Å². The minimum atomic E-state index is -0.292. The maximum atomic E-state index is 11.7. The van der Waals surface area contributed by atoms with E-state index in [4.69, 9.17) is 4.74 Å². The van der Waals surface area contributed by atoms with Gasteiger partial charge >= 0.3 is 5.97 Å². The molecule has 0 fully saturated rings.